The zero-order valence-corrected chi connectivity index (χ0v) is 13.0. The summed E-state index contributed by atoms with van der Waals surface area (Å²) in [6, 6.07) is 3.57. The molecule has 102 valence electrons. The standard InChI is InChI=1S/C12H14Cl2N4S/c1-6(5-19-12(15)16-2)11-17-9-3-7(13)8(14)4-10(9)18-11/h3-4,6H,5H2,1-2H3,(H2,15,16)(H,17,18)/p+1. The maximum atomic E-state index is 5.99. The minimum Gasteiger partial charge on any atom is -0.342 e. The van der Waals surface area contributed by atoms with E-state index in [4.69, 9.17) is 28.9 Å². The van der Waals surface area contributed by atoms with Gasteiger partial charge in [0.2, 0.25) is 0 Å². The second-order valence-electron chi connectivity index (χ2n) is 4.23. The van der Waals surface area contributed by atoms with E-state index < -0.39 is 0 Å². The summed E-state index contributed by atoms with van der Waals surface area (Å²) in [6.07, 6.45) is 0. The SMILES string of the molecule is C[NH+]=C(N)SCC(C)c1nc2cc(Cl)c(Cl)cc2[nH]1. The van der Waals surface area contributed by atoms with Crippen LogP contribution in [0.3, 0.4) is 0 Å². The van der Waals surface area contributed by atoms with Gasteiger partial charge in [0.15, 0.2) is 0 Å². The summed E-state index contributed by atoms with van der Waals surface area (Å²) in [6.45, 7) is 2.09. The number of amidine groups is 1. The van der Waals surface area contributed by atoms with Gasteiger partial charge in [0, 0.05) is 11.7 Å². The molecule has 0 radical (unpaired) electrons. The van der Waals surface area contributed by atoms with Crippen LogP contribution in [-0.4, -0.2) is 27.9 Å². The number of hydrogen-bond acceptors (Lipinski definition) is 2. The lowest BCUT2D eigenvalue weighted by Crippen LogP contribution is -2.69. The molecule has 1 aromatic heterocycles. The Kier molecular flexibility index (Phi) is 4.60. The number of nitrogens with zero attached hydrogens (tertiary/aromatic N) is 1. The van der Waals surface area contributed by atoms with Crippen molar-refractivity contribution >= 4 is 51.2 Å². The van der Waals surface area contributed by atoms with Crippen LogP contribution < -0.4 is 10.7 Å². The highest BCUT2D eigenvalue weighted by Gasteiger charge is 2.14. The first kappa shape index (κ1) is 14.5. The third-order valence-electron chi connectivity index (χ3n) is 2.74. The fraction of sp³-hybridized carbons (Fsp3) is 0.333. The largest absolute Gasteiger partial charge is 0.342 e. The lowest BCUT2D eigenvalue weighted by atomic mass is 10.2. The minimum atomic E-state index is 0.252. The summed E-state index contributed by atoms with van der Waals surface area (Å²) in [7, 11) is 1.80. The summed E-state index contributed by atoms with van der Waals surface area (Å²) in [5, 5.41) is 1.75. The number of fused-ring (bicyclic) bond motifs is 1. The zero-order valence-electron chi connectivity index (χ0n) is 10.6. The van der Waals surface area contributed by atoms with E-state index in [1.165, 1.54) is 0 Å². The highest BCUT2D eigenvalue weighted by atomic mass is 35.5. The van der Waals surface area contributed by atoms with Crippen LogP contribution in [0.5, 0.6) is 0 Å². The minimum absolute atomic E-state index is 0.252. The van der Waals surface area contributed by atoms with Crippen LogP contribution in [0.15, 0.2) is 12.1 Å². The number of thioether (sulfide) groups is 1. The Labute approximate surface area is 125 Å². The number of halogens is 2. The molecule has 0 aliphatic rings. The third kappa shape index (κ3) is 3.35. The summed E-state index contributed by atoms with van der Waals surface area (Å²) in [5.74, 6) is 2.00. The monoisotopic (exact) mass is 317 g/mol. The van der Waals surface area contributed by atoms with Crippen LogP contribution in [0.25, 0.3) is 11.0 Å². The van der Waals surface area contributed by atoms with Crippen LogP contribution in [0.4, 0.5) is 0 Å². The number of nitrogens with two attached hydrogens (primary N) is 1. The number of H-pyrrole nitrogens is 1. The van der Waals surface area contributed by atoms with Crippen LogP contribution in [0, 0.1) is 0 Å². The molecule has 2 aromatic rings. The van der Waals surface area contributed by atoms with E-state index in [-0.39, 0.29) is 5.92 Å². The molecule has 0 aliphatic heterocycles. The first-order valence-corrected chi connectivity index (χ1v) is 7.53. The molecule has 7 heteroatoms. The third-order valence-corrected chi connectivity index (χ3v) is 4.65. The van der Waals surface area contributed by atoms with Gasteiger partial charge in [0.05, 0.1) is 28.1 Å². The molecule has 0 saturated heterocycles. The highest BCUT2D eigenvalue weighted by Crippen LogP contribution is 2.28. The molecule has 19 heavy (non-hydrogen) atoms. The molecule has 0 amide bonds. The van der Waals surface area contributed by atoms with Crippen molar-refractivity contribution in [3.8, 4) is 0 Å². The second kappa shape index (κ2) is 6.03. The second-order valence-corrected chi connectivity index (χ2v) is 6.11. The van der Waals surface area contributed by atoms with Gasteiger partial charge in [-0.15, -0.1) is 0 Å². The Morgan fingerprint density at radius 1 is 1.47 bits per heavy atom. The number of aromatic nitrogens is 2. The maximum absolute atomic E-state index is 5.99. The summed E-state index contributed by atoms with van der Waals surface area (Å²) in [4.78, 5) is 10.7. The highest BCUT2D eigenvalue weighted by molar-refractivity contribution is 8.13. The Balaban J connectivity index is 2.21. The van der Waals surface area contributed by atoms with Gasteiger partial charge in [-0.2, -0.15) is 0 Å². The number of aromatic amines is 1. The lowest BCUT2D eigenvalue weighted by Gasteiger charge is -2.05. The van der Waals surface area contributed by atoms with Crippen molar-refractivity contribution in [3.63, 3.8) is 0 Å². The fourth-order valence-corrected chi connectivity index (χ4v) is 2.68. The molecular formula is C12H15Cl2N4S+. The molecule has 0 saturated carbocycles. The van der Waals surface area contributed by atoms with Crippen molar-refractivity contribution in [1.29, 1.82) is 0 Å². The van der Waals surface area contributed by atoms with Gasteiger partial charge in [-0.25, -0.2) is 4.98 Å². The molecule has 0 aliphatic carbocycles. The van der Waals surface area contributed by atoms with Crippen LogP contribution >= 0.6 is 35.0 Å². The molecule has 0 bridgehead atoms. The summed E-state index contributed by atoms with van der Waals surface area (Å²) in [5.41, 5.74) is 7.44. The van der Waals surface area contributed by atoms with Gasteiger partial charge >= 0.3 is 5.17 Å². The molecule has 2 rings (SSSR count). The summed E-state index contributed by atoms with van der Waals surface area (Å²) < 4.78 is 0. The van der Waals surface area contributed by atoms with Gasteiger partial charge in [0.25, 0.3) is 0 Å². The predicted octanol–water partition coefficient (Wildman–Crippen LogP) is 1.73. The molecule has 1 heterocycles. The average molecular weight is 318 g/mol. The molecular weight excluding hydrogens is 303 g/mol. The van der Waals surface area contributed by atoms with Crippen molar-refractivity contribution in [3.05, 3.63) is 28.0 Å². The van der Waals surface area contributed by atoms with Gasteiger partial charge in [-0.05, 0) is 23.9 Å². The Hall–Kier alpha value is -0.910. The van der Waals surface area contributed by atoms with E-state index in [1.807, 2.05) is 0 Å². The first-order valence-electron chi connectivity index (χ1n) is 5.79. The van der Waals surface area contributed by atoms with Crippen LogP contribution in [0.2, 0.25) is 10.0 Å². The van der Waals surface area contributed by atoms with E-state index in [1.54, 1.807) is 30.9 Å². The zero-order chi connectivity index (χ0) is 14.0. The lowest BCUT2D eigenvalue weighted by molar-refractivity contribution is -0.417. The van der Waals surface area contributed by atoms with Crippen molar-refractivity contribution in [2.75, 3.05) is 12.8 Å². The predicted molar refractivity (Wildman–Crippen MR) is 83.1 cm³/mol. The van der Waals surface area contributed by atoms with Crippen molar-refractivity contribution in [2.24, 2.45) is 5.73 Å². The van der Waals surface area contributed by atoms with E-state index in [0.29, 0.717) is 15.2 Å². The molecule has 1 aromatic carbocycles. The molecule has 4 N–H and O–H groups in total. The van der Waals surface area contributed by atoms with Gasteiger partial charge in [0.1, 0.15) is 5.82 Å². The van der Waals surface area contributed by atoms with Gasteiger partial charge in [-0.3, -0.25) is 10.7 Å². The smallest absolute Gasteiger partial charge is 0.301 e. The van der Waals surface area contributed by atoms with E-state index in [9.17, 15) is 0 Å². The quantitative estimate of drug-likeness (QED) is 0.596. The van der Waals surface area contributed by atoms with Crippen molar-refractivity contribution < 1.29 is 4.99 Å². The van der Waals surface area contributed by atoms with E-state index >= 15 is 0 Å². The maximum Gasteiger partial charge on any atom is 0.301 e. The number of nitrogens with one attached hydrogen (secondary N) is 2. The first-order chi connectivity index (χ1) is 9.01. The Morgan fingerprint density at radius 2 is 2.16 bits per heavy atom. The van der Waals surface area contributed by atoms with E-state index in [0.717, 1.165) is 22.6 Å². The summed E-state index contributed by atoms with van der Waals surface area (Å²) >= 11 is 13.5. The van der Waals surface area contributed by atoms with Crippen LogP contribution in [0.1, 0.15) is 18.7 Å². The average Bonchev–Trinajstić information content (AvgIpc) is 2.79. The number of benzene rings is 1. The topological polar surface area (TPSA) is 68.7 Å². The normalized spacial score (nSPS) is 14.0. The molecule has 4 nitrogen and oxygen atoms in total. The Bertz CT molecular complexity index is 584. The number of hydrogen-bond donors (Lipinski definition) is 3. The number of imidazole rings is 1. The van der Waals surface area contributed by atoms with Gasteiger partial charge < -0.3 is 4.98 Å². The van der Waals surface area contributed by atoms with Crippen molar-refractivity contribution in [2.45, 2.75) is 12.8 Å². The fourth-order valence-electron chi connectivity index (χ4n) is 1.62. The van der Waals surface area contributed by atoms with Crippen LogP contribution in [-0.2, 0) is 0 Å². The number of rotatable bonds is 3. The molecule has 1 atom stereocenters. The van der Waals surface area contributed by atoms with Gasteiger partial charge in [-0.1, -0.05) is 30.1 Å². The molecule has 0 fully saturated rings. The Morgan fingerprint density at radius 3 is 2.84 bits per heavy atom. The molecule has 1 unspecified atom stereocenters. The van der Waals surface area contributed by atoms with Crippen molar-refractivity contribution in [1.82, 2.24) is 9.97 Å². The van der Waals surface area contributed by atoms with E-state index in [2.05, 4.69) is 21.9 Å². The molecule has 0 spiro atoms.